The van der Waals surface area contributed by atoms with E-state index in [2.05, 4.69) is 258 Å². The van der Waals surface area contributed by atoms with Crippen molar-refractivity contribution in [3.8, 4) is 67.5 Å². The van der Waals surface area contributed by atoms with E-state index in [0.717, 1.165) is 72.5 Å². The van der Waals surface area contributed by atoms with Crippen LogP contribution in [0.25, 0.3) is 133 Å². The summed E-state index contributed by atoms with van der Waals surface area (Å²) >= 11 is 0. The minimum absolute atomic E-state index is 0.683. The van der Waals surface area contributed by atoms with E-state index in [9.17, 15) is 0 Å². The van der Waals surface area contributed by atoms with Gasteiger partial charge < -0.3 is 9.13 Å². The van der Waals surface area contributed by atoms with Gasteiger partial charge in [-0.1, -0.05) is 206 Å². The Morgan fingerprint density at radius 3 is 1.20 bits per heavy atom. The van der Waals surface area contributed by atoms with Gasteiger partial charge in [-0.15, -0.1) is 0 Å². The van der Waals surface area contributed by atoms with Gasteiger partial charge in [-0.05, 0) is 92.3 Å². The highest BCUT2D eigenvalue weighted by molar-refractivity contribution is 6.12. The van der Waals surface area contributed by atoms with E-state index in [1.165, 1.54) is 54.4 Å². The largest absolute Gasteiger partial charge is 0.309 e. The van der Waals surface area contributed by atoms with Crippen LogP contribution in [0.3, 0.4) is 0 Å². The Morgan fingerprint density at radius 2 is 0.657 bits per heavy atom. The van der Waals surface area contributed by atoms with Crippen LogP contribution >= 0.6 is 0 Å². The van der Waals surface area contributed by atoms with Gasteiger partial charge in [0.25, 0.3) is 0 Å². The molecule has 3 heterocycles. The second kappa shape index (κ2) is 16.2. The number of nitrogens with zero attached hydrogens (tertiary/aromatic N) is 4. The summed E-state index contributed by atoms with van der Waals surface area (Å²) in [6.07, 6.45) is 0. The number of para-hydroxylation sites is 4. The molecule has 326 valence electrons. The van der Waals surface area contributed by atoms with Crippen molar-refractivity contribution in [2.75, 3.05) is 0 Å². The number of hydrogen-bond donors (Lipinski definition) is 0. The topological polar surface area (TPSA) is 35.6 Å². The maximum absolute atomic E-state index is 5.41. The van der Waals surface area contributed by atoms with Crippen molar-refractivity contribution in [2.45, 2.75) is 0 Å². The Hall–Kier alpha value is -9.38. The smallest absolute Gasteiger partial charge is 0.160 e. The zero-order valence-corrected chi connectivity index (χ0v) is 38.0. The highest BCUT2D eigenvalue weighted by atomic mass is 15.0. The first-order valence-electron chi connectivity index (χ1n) is 23.9. The summed E-state index contributed by atoms with van der Waals surface area (Å²) in [4.78, 5) is 10.8. The molecule has 0 aliphatic carbocycles. The normalized spacial score (nSPS) is 11.7. The second-order valence-electron chi connectivity index (χ2n) is 18.1. The molecule has 14 aromatic rings. The van der Waals surface area contributed by atoms with Gasteiger partial charge in [0.15, 0.2) is 5.82 Å². The van der Waals surface area contributed by atoms with Gasteiger partial charge >= 0.3 is 0 Å². The van der Waals surface area contributed by atoms with Gasteiger partial charge in [-0.3, -0.25) is 0 Å². The van der Waals surface area contributed by atoms with Crippen LogP contribution in [0.2, 0.25) is 0 Å². The van der Waals surface area contributed by atoms with E-state index < -0.39 is 0 Å². The second-order valence-corrected chi connectivity index (χ2v) is 18.1. The maximum Gasteiger partial charge on any atom is 0.160 e. The zero-order chi connectivity index (χ0) is 46.1. The third kappa shape index (κ3) is 6.38. The number of hydrogen-bond acceptors (Lipinski definition) is 2. The molecule has 0 unspecified atom stereocenters. The van der Waals surface area contributed by atoms with Gasteiger partial charge in [0.05, 0.1) is 33.5 Å². The molecule has 0 saturated carbocycles. The van der Waals surface area contributed by atoms with Crippen LogP contribution in [0.1, 0.15) is 0 Å². The van der Waals surface area contributed by atoms with Crippen molar-refractivity contribution in [3.05, 3.63) is 255 Å². The maximum atomic E-state index is 5.41. The molecule has 0 atom stereocenters. The monoisotopic (exact) mass is 890 g/mol. The molecular formula is C66H42N4. The van der Waals surface area contributed by atoms with Crippen molar-refractivity contribution in [1.29, 1.82) is 0 Å². The van der Waals surface area contributed by atoms with Gasteiger partial charge in [0.2, 0.25) is 0 Å². The van der Waals surface area contributed by atoms with Crippen LogP contribution in [0.4, 0.5) is 0 Å². The molecule has 0 bridgehead atoms. The highest BCUT2D eigenvalue weighted by Gasteiger charge is 2.21. The molecule has 0 fully saturated rings. The predicted octanol–water partition coefficient (Wildman–Crippen LogP) is 17.3. The van der Waals surface area contributed by atoms with Crippen LogP contribution in [0.5, 0.6) is 0 Å². The molecule has 0 N–H and O–H groups in total. The number of benzene rings is 11. The Kier molecular flexibility index (Phi) is 9.17. The molecular weight excluding hydrogens is 849 g/mol. The summed E-state index contributed by atoms with van der Waals surface area (Å²) in [7, 11) is 0. The molecule has 4 heteroatoms. The lowest BCUT2D eigenvalue weighted by atomic mass is 9.90. The summed E-state index contributed by atoms with van der Waals surface area (Å²) in [6.45, 7) is 0. The first-order valence-corrected chi connectivity index (χ1v) is 23.9. The molecule has 0 saturated heterocycles. The van der Waals surface area contributed by atoms with Gasteiger partial charge in [-0.2, -0.15) is 0 Å². The standard InChI is InChI=1S/C66H42N4/c1-3-20-44(21-4-1)65-50-24-8-7-19-43(50)35-36-58(65)60-42-59(67-66(68-60)45-22-5-2-6-23-45)53-38-37-49(51-25-9-10-26-52(51)53)46-39-47(69-61-31-15-11-27-54(61)55-28-12-16-32-62(55)69)41-48(40-46)70-63-33-17-13-29-56(63)57-30-14-18-34-64(57)70/h1-42H. The number of fused-ring (bicyclic) bond motifs is 8. The van der Waals surface area contributed by atoms with Crippen molar-refractivity contribution in [3.63, 3.8) is 0 Å². The molecule has 14 rings (SSSR count). The first kappa shape index (κ1) is 39.8. The van der Waals surface area contributed by atoms with Crippen molar-refractivity contribution in [1.82, 2.24) is 19.1 Å². The molecule has 0 amide bonds. The minimum atomic E-state index is 0.683. The molecule has 3 aromatic heterocycles. The van der Waals surface area contributed by atoms with Crippen molar-refractivity contribution in [2.24, 2.45) is 0 Å². The van der Waals surface area contributed by atoms with Crippen molar-refractivity contribution < 1.29 is 0 Å². The van der Waals surface area contributed by atoms with E-state index in [4.69, 9.17) is 9.97 Å². The molecule has 0 aliphatic rings. The van der Waals surface area contributed by atoms with E-state index in [1.54, 1.807) is 0 Å². The van der Waals surface area contributed by atoms with E-state index in [1.807, 2.05) is 6.07 Å². The summed E-state index contributed by atoms with van der Waals surface area (Å²) in [6, 6.07) is 91.8. The fourth-order valence-corrected chi connectivity index (χ4v) is 11.0. The molecule has 0 aliphatic heterocycles. The van der Waals surface area contributed by atoms with Crippen LogP contribution in [-0.2, 0) is 0 Å². The Balaban J connectivity index is 1.02. The van der Waals surface area contributed by atoms with Crippen molar-refractivity contribution >= 4 is 65.2 Å². The lowest BCUT2D eigenvalue weighted by Gasteiger charge is -2.18. The molecule has 0 radical (unpaired) electrons. The third-order valence-corrected chi connectivity index (χ3v) is 14.1. The Bertz CT molecular complexity index is 4110. The summed E-state index contributed by atoms with van der Waals surface area (Å²) < 4.78 is 4.87. The molecule has 11 aromatic carbocycles. The predicted molar refractivity (Wildman–Crippen MR) is 293 cm³/mol. The Morgan fingerprint density at radius 1 is 0.257 bits per heavy atom. The number of aromatic nitrogens is 4. The summed E-state index contributed by atoms with van der Waals surface area (Å²) in [5.74, 6) is 0.683. The Labute approximate surface area is 404 Å². The average molecular weight is 891 g/mol. The fraction of sp³-hybridized carbons (Fsp3) is 0. The highest BCUT2D eigenvalue weighted by Crippen LogP contribution is 2.43. The number of rotatable bonds is 7. The van der Waals surface area contributed by atoms with Gasteiger partial charge in [-0.25, -0.2) is 9.97 Å². The van der Waals surface area contributed by atoms with Gasteiger partial charge in [0.1, 0.15) is 0 Å². The van der Waals surface area contributed by atoms with E-state index >= 15 is 0 Å². The quantitative estimate of drug-likeness (QED) is 0.160. The molecule has 70 heavy (non-hydrogen) atoms. The SMILES string of the molecule is c1ccc(-c2nc(-c3ccc4ccccc4c3-c3ccccc3)cc(-c3ccc(-c4cc(-n5c6ccccc6c6ccccc65)cc(-n5c6ccccc6c6ccccc65)c4)c4ccccc34)n2)cc1. The van der Waals surface area contributed by atoms with Crippen LogP contribution in [-0.4, -0.2) is 19.1 Å². The van der Waals surface area contributed by atoms with Crippen LogP contribution < -0.4 is 0 Å². The lowest BCUT2D eigenvalue weighted by Crippen LogP contribution is -2.00. The lowest BCUT2D eigenvalue weighted by molar-refractivity contribution is 1.13. The first-order chi connectivity index (χ1) is 34.7. The molecule has 0 spiro atoms. The minimum Gasteiger partial charge on any atom is -0.309 e. The van der Waals surface area contributed by atoms with Crippen LogP contribution in [0.15, 0.2) is 255 Å². The third-order valence-electron chi connectivity index (χ3n) is 14.1. The van der Waals surface area contributed by atoms with E-state index in [0.29, 0.717) is 5.82 Å². The molecule has 4 nitrogen and oxygen atoms in total. The fourth-order valence-electron chi connectivity index (χ4n) is 11.0. The average Bonchev–Trinajstić information content (AvgIpc) is 3.96. The summed E-state index contributed by atoms with van der Waals surface area (Å²) in [5.41, 5.74) is 16.2. The zero-order valence-electron chi connectivity index (χ0n) is 38.0. The van der Waals surface area contributed by atoms with Crippen LogP contribution in [0, 0.1) is 0 Å². The van der Waals surface area contributed by atoms with Gasteiger partial charge in [0, 0.05) is 49.6 Å². The summed E-state index contributed by atoms with van der Waals surface area (Å²) in [5, 5.41) is 9.56. The van der Waals surface area contributed by atoms with E-state index in [-0.39, 0.29) is 0 Å².